The summed E-state index contributed by atoms with van der Waals surface area (Å²) in [5.74, 6) is 0. The maximum absolute atomic E-state index is 4.28. The SMILES string of the molecule is CC(C)[N-]C(C)C.[H-].[Li+].[Na+]. The van der Waals surface area contributed by atoms with Crippen LogP contribution in [0.15, 0.2) is 0 Å². The molecule has 0 amide bonds. The van der Waals surface area contributed by atoms with Crippen molar-refractivity contribution in [2.75, 3.05) is 0 Å². The molecular formula is C6H15LiNNa. The van der Waals surface area contributed by atoms with Gasteiger partial charge in [0, 0.05) is 0 Å². The molecule has 0 unspecified atom stereocenters. The molecule has 1 nitrogen and oxygen atoms in total. The van der Waals surface area contributed by atoms with Gasteiger partial charge < -0.3 is 6.74 Å². The fourth-order valence-corrected chi connectivity index (χ4v) is 0.596. The Morgan fingerprint density at radius 2 is 1.22 bits per heavy atom. The van der Waals surface area contributed by atoms with Gasteiger partial charge in [-0.05, 0) is 0 Å². The molecule has 0 spiro atoms. The van der Waals surface area contributed by atoms with Crippen LogP contribution in [0.3, 0.4) is 0 Å². The number of hydrogen-bond donors (Lipinski definition) is 0. The largest absolute Gasteiger partial charge is 1.00 e. The molecule has 0 aliphatic rings. The van der Waals surface area contributed by atoms with E-state index in [1.807, 2.05) is 0 Å². The second kappa shape index (κ2) is 9.56. The van der Waals surface area contributed by atoms with Crippen LogP contribution in [0.25, 0.3) is 5.32 Å². The molecular weight excluding hydrogens is 116 g/mol. The first-order valence-electron chi connectivity index (χ1n) is 2.83. The first-order valence-corrected chi connectivity index (χ1v) is 2.83. The summed E-state index contributed by atoms with van der Waals surface area (Å²) in [7, 11) is 0. The van der Waals surface area contributed by atoms with Crippen molar-refractivity contribution in [3.8, 4) is 0 Å². The molecule has 0 saturated heterocycles. The third-order valence-corrected chi connectivity index (χ3v) is 0.596. The second-order valence-electron chi connectivity index (χ2n) is 2.34. The summed E-state index contributed by atoms with van der Waals surface area (Å²) >= 11 is 0. The second-order valence-corrected chi connectivity index (χ2v) is 2.34. The number of nitrogens with zero attached hydrogens (tertiary/aromatic N) is 1. The van der Waals surface area contributed by atoms with Crippen molar-refractivity contribution in [3.05, 3.63) is 5.32 Å². The van der Waals surface area contributed by atoms with Crippen molar-refractivity contribution in [3.63, 3.8) is 0 Å². The van der Waals surface area contributed by atoms with E-state index in [4.69, 9.17) is 0 Å². The molecule has 0 aromatic heterocycles. The first kappa shape index (κ1) is 16.9. The monoisotopic (exact) mass is 131 g/mol. The topological polar surface area (TPSA) is 14.1 Å². The zero-order valence-corrected chi connectivity index (χ0v) is 9.60. The van der Waals surface area contributed by atoms with Crippen molar-refractivity contribution in [2.24, 2.45) is 0 Å². The van der Waals surface area contributed by atoms with Crippen LogP contribution in [-0.4, -0.2) is 12.1 Å². The van der Waals surface area contributed by atoms with Crippen LogP contribution in [0.5, 0.6) is 0 Å². The molecule has 0 aromatic rings. The van der Waals surface area contributed by atoms with E-state index in [0.717, 1.165) is 0 Å². The maximum Gasteiger partial charge on any atom is 1.00 e. The fourth-order valence-electron chi connectivity index (χ4n) is 0.596. The summed E-state index contributed by atoms with van der Waals surface area (Å²) < 4.78 is 0. The Morgan fingerprint density at radius 1 is 1.00 bits per heavy atom. The molecule has 0 aromatic carbocycles. The minimum absolute atomic E-state index is 0. The van der Waals surface area contributed by atoms with Crippen LogP contribution in [-0.2, 0) is 0 Å². The Morgan fingerprint density at radius 3 is 1.22 bits per heavy atom. The van der Waals surface area contributed by atoms with Crippen molar-refractivity contribution >= 4 is 0 Å². The molecule has 46 valence electrons. The summed E-state index contributed by atoms with van der Waals surface area (Å²) in [6.07, 6.45) is 0. The van der Waals surface area contributed by atoms with Crippen molar-refractivity contribution in [1.29, 1.82) is 0 Å². The number of rotatable bonds is 2. The van der Waals surface area contributed by atoms with E-state index in [0.29, 0.717) is 12.1 Å². The Balaban J connectivity index is -0.0000000600. The zero-order valence-electron chi connectivity index (χ0n) is 8.60. The predicted octanol–water partition coefficient (Wildman–Crippen LogP) is -3.70. The van der Waals surface area contributed by atoms with Gasteiger partial charge in [0.25, 0.3) is 0 Å². The van der Waals surface area contributed by atoms with Crippen LogP contribution in [0.2, 0.25) is 0 Å². The third kappa shape index (κ3) is 17.7. The summed E-state index contributed by atoms with van der Waals surface area (Å²) in [5, 5.41) is 4.28. The van der Waals surface area contributed by atoms with E-state index in [1.165, 1.54) is 0 Å². The third-order valence-electron chi connectivity index (χ3n) is 0.596. The number of hydrogen-bond acceptors (Lipinski definition) is 0. The average molecular weight is 131 g/mol. The van der Waals surface area contributed by atoms with Crippen LogP contribution in [0.1, 0.15) is 29.1 Å². The van der Waals surface area contributed by atoms with Gasteiger partial charge in [-0.2, -0.15) is 0 Å². The van der Waals surface area contributed by atoms with Crippen LogP contribution < -0.4 is 48.4 Å². The standard InChI is InChI=1S/C6H14N.Li.Na.H/c1-5(2)7-6(3)4;;;/h5-6H,1-4H3;;;/q-1;2*+1;-1. The van der Waals surface area contributed by atoms with Crippen molar-refractivity contribution in [1.82, 2.24) is 0 Å². The van der Waals surface area contributed by atoms with E-state index in [-0.39, 0.29) is 49.8 Å². The minimum Gasteiger partial charge on any atom is -1.00 e. The molecule has 0 heterocycles. The van der Waals surface area contributed by atoms with Gasteiger partial charge in [0.1, 0.15) is 0 Å². The van der Waals surface area contributed by atoms with Crippen LogP contribution in [0.4, 0.5) is 0 Å². The van der Waals surface area contributed by atoms with E-state index >= 15 is 0 Å². The van der Waals surface area contributed by atoms with Gasteiger partial charge in [-0.25, -0.2) is 0 Å². The van der Waals surface area contributed by atoms with Crippen molar-refractivity contribution < 1.29 is 49.8 Å². The predicted molar refractivity (Wildman–Crippen MR) is 34.7 cm³/mol. The van der Waals surface area contributed by atoms with E-state index in [1.54, 1.807) is 0 Å². The molecule has 0 aliphatic heterocycles. The van der Waals surface area contributed by atoms with Crippen LogP contribution in [0, 0.1) is 0 Å². The Labute approximate surface area is 94.3 Å². The smallest absolute Gasteiger partial charge is 1.00 e. The molecule has 0 radical (unpaired) electrons. The Bertz CT molecular complexity index is 47.0. The van der Waals surface area contributed by atoms with Gasteiger partial charge in [0.15, 0.2) is 0 Å². The molecule has 0 rings (SSSR count). The van der Waals surface area contributed by atoms with Gasteiger partial charge in [-0.3, -0.25) is 0 Å². The van der Waals surface area contributed by atoms with E-state index < -0.39 is 0 Å². The van der Waals surface area contributed by atoms with Gasteiger partial charge in [-0.1, -0.05) is 27.7 Å². The van der Waals surface area contributed by atoms with Gasteiger partial charge >= 0.3 is 48.4 Å². The molecule has 0 atom stereocenters. The van der Waals surface area contributed by atoms with Gasteiger partial charge in [0.05, 0.1) is 0 Å². The summed E-state index contributed by atoms with van der Waals surface area (Å²) in [5.41, 5.74) is 0. The molecule has 0 N–H and O–H groups in total. The Kier molecular flexibility index (Phi) is 17.9. The average Bonchev–Trinajstić information content (AvgIpc) is 1.27. The van der Waals surface area contributed by atoms with E-state index in [9.17, 15) is 0 Å². The van der Waals surface area contributed by atoms with Crippen LogP contribution >= 0.6 is 0 Å². The summed E-state index contributed by atoms with van der Waals surface area (Å²) in [4.78, 5) is 0. The first-order chi connectivity index (χ1) is 3.13. The molecule has 3 heteroatoms. The quantitative estimate of drug-likeness (QED) is 0.342. The Hall–Kier alpha value is 1.56. The fraction of sp³-hybridized carbons (Fsp3) is 1.00. The summed E-state index contributed by atoms with van der Waals surface area (Å²) in [6.45, 7) is 8.39. The minimum atomic E-state index is 0. The zero-order chi connectivity index (χ0) is 5.86. The molecule has 0 aliphatic carbocycles. The molecule has 0 fully saturated rings. The van der Waals surface area contributed by atoms with Gasteiger partial charge in [0.2, 0.25) is 0 Å². The maximum atomic E-state index is 4.28. The van der Waals surface area contributed by atoms with E-state index in [2.05, 4.69) is 33.0 Å². The molecule has 0 saturated carbocycles. The van der Waals surface area contributed by atoms with Gasteiger partial charge in [-0.15, -0.1) is 12.1 Å². The molecule has 9 heavy (non-hydrogen) atoms. The molecule has 0 bridgehead atoms. The summed E-state index contributed by atoms with van der Waals surface area (Å²) in [6, 6.07) is 1.000. The van der Waals surface area contributed by atoms with Crippen molar-refractivity contribution in [2.45, 2.75) is 39.8 Å². The normalized spacial score (nSPS) is 8.67.